The van der Waals surface area contributed by atoms with Crippen molar-refractivity contribution in [2.75, 3.05) is 6.61 Å². The second-order valence-corrected chi connectivity index (χ2v) is 6.62. The Balaban J connectivity index is 1.65. The largest absolute Gasteiger partial charge is 0.444 e. The molecular weight excluding hydrogens is 340 g/mol. The zero-order valence-electron chi connectivity index (χ0n) is 11.4. The minimum absolute atomic E-state index is 0.168. The van der Waals surface area contributed by atoms with Gasteiger partial charge >= 0.3 is 6.11 Å². The number of ether oxygens (including phenoxy) is 2. The highest BCUT2D eigenvalue weighted by atomic mass is 35.5. The molecule has 0 radical (unpaired) electrons. The highest BCUT2D eigenvalue weighted by molar-refractivity contribution is 6.27. The molecule has 0 spiro atoms. The van der Waals surface area contributed by atoms with E-state index in [1.165, 1.54) is 12.1 Å². The van der Waals surface area contributed by atoms with E-state index in [1.807, 2.05) is 12.2 Å². The second kappa shape index (κ2) is 5.32. The van der Waals surface area contributed by atoms with Crippen molar-refractivity contribution in [1.29, 1.82) is 0 Å². The molecular formula is C15H13Cl2F3O2. The molecule has 2 aliphatic rings. The van der Waals surface area contributed by atoms with Crippen LogP contribution < -0.4 is 4.74 Å². The van der Waals surface area contributed by atoms with Crippen LogP contribution in [0.15, 0.2) is 30.3 Å². The van der Waals surface area contributed by atoms with E-state index in [1.54, 1.807) is 12.1 Å². The van der Waals surface area contributed by atoms with Crippen molar-refractivity contribution >= 4 is 29.3 Å². The number of alkyl halides is 5. The molecule has 0 N–H and O–H groups in total. The fourth-order valence-electron chi connectivity index (χ4n) is 2.19. The highest BCUT2D eigenvalue weighted by Crippen LogP contribution is 2.59. The zero-order valence-corrected chi connectivity index (χ0v) is 12.9. The summed E-state index contributed by atoms with van der Waals surface area (Å²) in [6, 6.07) is 5.79. The van der Waals surface area contributed by atoms with Crippen LogP contribution in [0.3, 0.4) is 0 Å². The van der Waals surface area contributed by atoms with Crippen LogP contribution in [0.4, 0.5) is 13.2 Å². The van der Waals surface area contributed by atoms with Crippen LogP contribution in [-0.4, -0.2) is 28.8 Å². The van der Waals surface area contributed by atoms with E-state index in [2.05, 4.69) is 4.74 Å². The summed E-state index contributed by atoms with van der Waals surface area (Å²) in [6.07, 6.45) is 1.49. The van der Waals surface area contributed by atoms with Gasteiger partial charge in [0.05, 0.1) is 11.5 Å². The Morgan fingerprint density at radius 3 is 2.32 bits per heavy atom. The van der Waals surface area contributed by atoms with E-state index >= 15 is 0 Å². The van der Waals surface area contributed by atoms with Crippen molar-refractivity contribution in [2.45, 2.75) is 35.1 Å². The summed E-state index contributed by atoms with van der Waals surface area (Å²) in [5.41, 5.74) is -2.54. The Hall–Kier alpha value is -0.910. The maximum atomic E-state index is 13.0. The molecule has 0 aromatic heterocycles. The van der Waals surface area contributed by atoms with Crippen LogP contribution in [0.1, 0.15) is 18.4 Å². The van der Waals surface area contributed by atoms with Gasteiger partial charge in [-0.2, -0.15) is 8.78 Å². The Morgan fingerprint density at radius 2 is 1.86 bits per heavy atom. The van der Waals surface area contributed by atoms with Gasteiger partial charge in [-0.3, -0.25) is 0 Å². The SMILES string of the molecule is FC(Cl)C(F)(F)Oc1ccc(C=CC2(C3(Cl)CC3)CO2)cc1. The van der Waals surface area contributed by atoms with Crippen molar-refractivity contribution in [3.8, 4) is 5.75 Å². The van der Waals surface area contributed by atoms with Gasteiger partial charge in [0.1, 0.15) is 11.4 Å². The van der Waals surface area contributed by atoms with Gasteiger partial charge in [-0.15, -0.1) is 11.6 Å². The first-order valence-corrected chi connectivity index (χ1v) is 7.55. The van der Waals surface area contributed by atoms with E-state index in [0.29, 0.717) is 6.61 Å². The Morgan fingerprint density at radius 1 is 1.27 bits per heavy atom. The number of epoxide rings is 1. The van der Waals surface area contributed by atoms with Crippen LogP contribution in [0.2, 0.25) is 0 Å². The monoisotopic (exact) mass is 352 g/mol. The third kappa shape index (κ3) is 3.07. The summed E-state index contributed by atoms with van der Waals surface area (Å²) in [5, 5.41) is 0. The van der Waals surface area contributed by atoms with Crippen LogP contribution in [-0.2, 0) is 4.74 Å². The fraction of sp³-hybridized carbons (Fsp3) is 0.467. The molecule has 1 saturated carbocycles. The molecule has 1 aliphatic carbocycles. The van der Waals surface area contributed by atoms with E-state index in [-0.39, 0.29) is 10.6 Å². The Labute approximate surface area is 135 Å². The number of benzene rings is 1. The Bertz CT molecular complexity index is 579. The van der Waals surface area contributed by atoms with E-state index in [9.17, 15) is 13.2 Å². The van der Waals surface area contributed by atoms with E-state index < -0.39 is 17.3 Å². The molecule has 7 heteroatoms. The van der Waals surface area contributed by atoms with Gasteiger partial charge in [-0.05, 0) is 36.6 Å². The maximum Gasteiger partial charge on any atom is 0.444 e. The van der Waals surface area contributed by atoms with Crippen molar-refractivity contribution in [2.24, 2.45) is 0 Å². The molecule has 3 rings (SSSR count). The van der Waals surface area contributed by atoms with Gasteiger partial charge in [0.15, 0.2) is 0 Å². The third-order valence-corrected chi connectivity index (χ3v) is 4.79. The molecule has 1 aliphatic heterocycles. The summed E-state index contributed by atoms with van der Waals surface area (Å²) in [5.74, 6) is -0.168. The number of hydrogen-bond acceptors (Lipinski definition) is 2. The fourth-order valence-corrected chi connectivity index (χ4v) is 2.51. The standard InChI is InChI=1S/C15H13Cl2F3O2/c16-12(18)15(19,20)22-11-3-1-10(2-4-11)5-6-14(9-21-14)13(17)7-8-13/h1-6,12H,7-9H2. The molecule has 2 fully saturated rings. The third-order valence-electron chi connectivity index (χ3n) is 3.84. The first-order valence-electron chi connectivity index (χ1n) is 6.74. The molecule has 0 amide bonds. The first kappa shape index (κ1) is 16.0. The van der Waals surface area contributed by atoms with Crippen molar-refractivity contribution < 1.29 is 22.6 Å². The molecule has 22 heavy (non-hydrogen) atoms. The smallest absolute Gasteiger partial charge is 0.429 e. The van der Waals surface area contributed by atoms with Gasteiger partial charge < -0.3 is 9.47 Å². The number of hydrogen-bond donors (Lipinski definition) is 0. The van der Waals surface area contributed by atoms with Gasteiger partial charge in [-0.25, -0.2) is 4.39 Å². The lowest BCUT2D eigenvalue weighted by molar-refractivity contribution is -0.199. The summed E-state index contributed by atoms with van der Waals surface area (Å²) in [4.78, 5) is -0.301. The summed E-state index contributed by atoms with van der Waals surface area (Å²) in [7, 11) is 0. The predicted octanol–water partition coefficient (Wildman–Crippen LogP) is 4.75. The van der Waals surface area contributed by atoms with Crippen molar-refractivity contribution in [3.63, 3.8) is 0 Å². The minimum atomic E-state index is -4.07. The lowest BCUT2D eigenvalue weighted by Crippen LogP contribution is -2.32. The maximum absolute atomic E-state index is 13.0. The van der Waals surface area contributed by atoms with Gasteiger partial charge in [-0.1, -0.05) is 29.8 Å². The van der Waals surface area contributed by atoms with Crippen LogP contribution in [0, 0.1) is 0 Å². The van der Waals surface area contributed by atoms with E-state index in [4.69, 9.17) is 27.9 Å². The first-order chi connectivity index (χ1) is 10.3. The average molecular weight is 353 g/mol. The number of rotatable bonds is 6. The summed E-state index contributed by atoms with van der Waals surface area (Å²) >= 11 is 11.1. The molecule has 1 saturated heterocycles. The molecule has 2 nitrogen and oxygen atoms in total. The quantitative estimate of drug-likeness (QED) is 0.544. The summed E-state index contributed by atoms with van der Waals surface area (Å²) < 4.78 is 48.2. The molecule has 2 atom stereocenters. The molecule has 1 heterocycles. The lowest BCUT2D eigenvalue weighted by atomic mass is 10.0. The van der Waals surface area contributed by atoms with Gasteiger partial charge in [0.2, 0.25) is 0 Å². The van der Waals surface area contributed by atoms with Crippen molar-refractivity contribution in [1.82, 2.24) is 0 Å². The molecule has 1 aromatic carbocycles. The Kier molecular flexibility index (Phi) is 3.86. The second-order valence-electron chi connectivity index (χ2n) is 5.51. The topological polar surface area (TPSA) is 21.8 Å². The minimum Gasteiger partial charge on any atom is -0.429 e. The molecule has 0 bridgehead atoms. The molecule has 120 valence electrons. The van der Waals surface area contributed by atoms with E-state index in [0.717, 1.165) is 18.4 Å². The van der Waals surface area contributed by atoms with Gasteiger partial charge in [0.25, 0.3) is 5.63 Å². The van der Waals surface area contributed by atoms with Gasteiger partial charge in [0, 0.05) is 0 Å². The van der Waals surface area contributed by atoms with Crippen LogP contribution in [0.5, 0.6) is 5.75 Å². The lowest BCUT2D eigenvalue weighted by Gasteiger charge is -2.17. The predicted molar refractivity (Wildman–Crippen MR) is 78.3 cm³/mol. The average Bonchev–Trinajstić information content (AvgIpc) is 3.35. The zero-order chi connectivity index (χ0) is 16.0. The summed E-state index contributed by atoms with van der Waals surface area (Å²) in [6.45, 7) is 0.591. The normalized spacial score (nSPS) is 27.7. The van der Waals surface area contributed by atoms with Crippen molar-refractivity contribution in [3.05, 3.63) is 35.9 Å². The number of halogens is 5. The molecule has 2 unspecified atom stereocenters. The van der Waals surface area contributed by atoms with Crippen LogP contribution >= 0.6 is 23.2 Å². The highest BCUT2D eigenvalue weighted by Gasteiger charge is 2.65. The molecule has 1 aromatic rings. The van der Waals surface area contributed by atoms with Crippen LogP contribution in [0.25, 0.3) is 6.08 Å².